The number of rotatable bonds is 4. The van der Waals surface area contributed by atoms with E-state index in [1.165, 1.54) is 0 Å². The van der Waals surface area contributed by atoms with Crippen molar-refractivity contribution in [3.63, 3.8) is 0 Å². The first-order chi connectivity index (χ1) is 11.6. The van der Waals surface area contributed by atoms with Crippen molar-refractivity contribution in [2.24, 2.45) is 0 Å². The van der Waals surface area contributed by atoms with Gasteiger partial charge in [-0.05, 0) is 44.0 Å². The third kappa shape index (κ3) is 3.61. The number of carbonyl (C=O) groups is 2. The molecule has 2 N–H and O–H groups in total. The number of nitrogens with zero attached hydrogens (tertiary/aromatic N) is 1. The van der Waals surface area contributed by atoms with Crippen LogP contribution in [0.5, 0.6) is 0 Å². The van der Waals surface area contributed by atoms with E-state index in [0.717, 1.165) is 64.0 Å². The molecular weight excluding hydrogens is 302 g/mol. The van der Waals surface area contributed by atoms with Crippen LogP contribution in [0.1, 0.15) is 49.4 Å². The number of piperazine rings is 1. The lowest BCUT2D eigenvalue weighted by atomic mass is 9.79. The fraction of sp³-hybridized carbons (Fsp3) is 0.579. The summed E-state index contributed by atoms with van der Waals surface area (Å²) in [5.41, 5.74) is 1.11. The van der Waals surface area contributed by atoms with Crippen LogP contribution in [0.15, 0.2) is 24.3 Å². The first-order valence-electron chi connectivity index (χ1n) is 9.00. The van der Waals surface area contributed by atoms with Crippen LogP contribution >= 0.6 is 0 Å². The molecule has 1 aromatic rings. The van der Waals surface area contributed by atoms with Gasteiger partial charge in [-0.1, -0.05) is 19.3 Å². The molecule has 1 aliphatic carbocycles. The highest BCUT2D eigenvalue weighted by atomic mass is 16.2. The second-order valence-corrected chi connectivity index (χ2v) is 6.94. The number of ketones is 1. The van der Waals surface area contributed by atoms with Crippen molar-refractivity contribution in [1.29, 1.82) is 0 Å². The Labute approximate surface area is 143 Å². The molecule has 5 nitrogen and oxygen atoms in total. The summed E-state index contributed by atoms with van der Waals surface area (Å²) in [6.07, 6.45) is 4.66. The Hall–Kier alpha value is -1.88. The lowest BCUT2D eigenvalue weighted by molar-refractivity contribution is -0.124. The lowest BCUT2D eigenvalue weighted by Crippen LogP contribution is -2.54. The van der Waals surface area contributed by atoms with E-state index in [1.807, 2.05) is 24.3 Å². The lowest BCUT2D eigenvalue weighted by Gasteiger charge is -2.36. The van der Waals surface area contributed by atoms with Crippen LogP contribution in [0.2, 0.25) is 0 Å². The SMILES string of the molecule is CC(=O)C1(NC(=O)c2ccc(N3CCNCC3)cc2)CCCCC1. The van der Waals surface area contributed by atoms with Crippen LogP contribution in [0, 0.1) is 0 Å². The van der Waals surface area contributed by atoms with Gasteiger partial charge in [-0.2, -0.15) is 0 Å². The van der Waals surface area contributed by atoms with Gasteiger partial charge in [0.25, 0.3) is 5.91 Å². The van der Waals surface area contributed by atoms with Crippen molar-refractivity contribution in [2.45, 2.75) is 44.6 Å². The molecule has 0 unspecified atom stereocenters. The number of benzene rings is 1. The Bertz CT molecular complexity index is 585. The van der Waals surface area contributed by atoms with E-state index in [4.69, 9.17) is 0 Å². The molecule has 130 valence electrons. The number of carbonyl (C=O) groups excluding carboxylic acids is 2. The molecule has 0 atom stereocenters. The molecule has 2 aliphatic rings. The zero-order valence-corrected chi connectivity index (χ0v) is 14.4. The van der Waals surface area contributed by atoms with E-state index in [2.05, 4.69) is 15.5 Å². The molecule has 1 heterocycles. The molecule has 0 aromatic heterocycles. The molecule has 0 radical (unpaired) electrons. The third-order valence-corrected chi connectivity index (χ3v) is 5.35. The maximum atomic E-state index is 12.6. The van der Waals surface area contributed by atoms with Crippen LogP contribution in [0.4, 0.5) is 5.69 Å². The smallest absolute Gasteiger partial charge is 0.252 e. The summed E-state index contributed by atoms with van der Waals surface area (Å²) in [6.45, 7) is 5.55. The molecule has 1 aromatic carbocycles. The van der Waals surface area contributed by atoms with Gasteiger partial charge in [-0.25, -0.2) is 0 Å². The summed E-state index contributed by atoms with van der Waals surface area (Å²) in [5, 5.41) is 6.37. The van der Waals surface area contributed by atoms with E-state index in [9.17, 15) is 9.59 Å². The minimum Gasteiger partial charge on any atom is -0.369 e. The molecular formula is C19H27N3O2. The molecule has 1 saturated carbocycles. The van der Waals surface area contributed by atoms with Gasteiger partial charge in [0, 0.05) is 37.4 Å². The zero-order valence-electron chi connectivity index (χ0n) is 14.4. The van der Waals surface area contributed by atoms with Gasteiger partial charge in [-0.15, -0.1) is 0 Å². The number of Topliss-reactive ketones (excluding diaryl/α,β-unsaturated/α-hetero) is 1. The summed E-state index contributed by atoms with van der Waals surface area (Å²) < 4.78 is 0. The summed E-state index contributed by atoms with van der Waals surface area (Å²) in [4.78, 5) is 27.1. The highest BCUT2D eigenvalue weighted by Gasteiger charge is 2.38. The standard InChI is InChI=1S/C19H27N3O2/c1-15(23)19(9-3-2-4-10-19)21-18(24)16-5-7-17(8-6-16)22-13-11-20-12-14-22/h5-8,20H,2-4,9-14H2,1H3,(H,21,24). The average Bonchev–Trinajstić information content (AvgIpc) is 2.63. The van der Waals surface area contributed by atoms with Crippen molar-refractivity contribution in [1.82, 2.24) is 10.6 Å². The quantitative estimate of drug-likeness (QED) is 0.888. The van der Waals surface area contributed by atoms with E-state index in [-0.39, 0.29) is 11.7 Å². The molecule has 1 amide bonds. The Kier molecular flexibility index (Phi) is 5.19. The highest BCUT2D eigenvalue weighted by Crippen LogP contribution is 2.29. The second-order valence-electron chi connectivity index (χ2n) is 6.94. The van der Waals surface area contributed by atoms with Crippen molar-refractivity contribution in [3.8, 4) is 0 Å². The van der Waals surface area contributed by atoms with Crippen LogP contribution in [-0.2, 0) is 4.79 Å². The highest BCUT2D eigenvalue weighted by molar-refractivity contribution is 5.99. The molecule has 3 rings (SSSR count). The molecule has 5 heteroatoms. The number of anilines is 1. The van der Waals surface area contributed by atoms with Crippen LogP contribution < -0.4 is 15.5 Å². The van der Waals surface area contributed by atoms with Gasteiger partial charge < -0.3 is 15.5 Å². The zero-order chi connectivity index (χ0) is 17.0. The Morgan fingerprint density at radius 3 is 2.25 bits per heavy atom. The van der Waals surface area contributed by atoms with Gasteiger partial charge in [-0.3, -0.25) is 9.59 Å². The van der Waals surface area contributed by atoms with Crippen molar-refractivity contribution >= 4 is 17.4 Å². The summed E-state index contributed by atoms with van der Waals surface area (Å²) >= 11 is 0. The maximum Gasteiger partial charge on any atom is 0.252 e. The van der Waals surface area contributed by atoms with Crippen LogP contribution in [0.3, 0.4) is 0 Å². The first-order valence-corrected chi connectivity index (χ1v) is 9.00. The molecule has 1 saturated heterocycles. The average molecular weight is 329 g/mol. The molecule has 0 bridgehead atoms. The maximum absolute atomic E-state index is 12.6. The van der Waals surface area contributed by atoms with E-state index in [1.54, 1.807) is 6.92 Å². The van der Waals surface area contributed by atoms with Crippen molar-refractivity contribution < 1.29 is 9.59 Å². The summed E-state index contributed by atoms with van der Waals surface area (Å²) in [7, 11) is 0. The van der Waals surface area contributed by atoms with Crippen LogP contribution in [0.25, 0.3) is 0 Å². The van der Waals surface area contributed by atoms with Gasteiger partial charge in [0.1, 0.15) is 0 Å². The predicted molar refractivity (Wildman–Crippen MR) is 95.5 cm³/mol. The topological polar surface area (TPSA) is 61.4 Å². The number of nitrogens with one attached hydrogen (secondary N) is 2. The third-order valence-electron chi connectivity index (χ3n) is 5.35. The number of hydrogen-bond acceptors (Lipinski definition) is 4. The van der Waals surface area contributed by atoms with E-state index in [0.29, 0.717) is 5.56 Å². The molecule has 1 aliphatic heterocycles. The molecule has 0 spiro atoms. The van der Waals surface area contributed by atoms with Crippen molar-refractivity contribution in [2.75, 3.05) is 31.1 Å². The van der Waals surface area contributed by atoms with Gasteiger partial charge in [0.15, 0.2) is 5.78 Å². The summed E-state index contributed by atoms with van der Waals surface area (Å²) in [5.74, 6) is -0.0630. The number of amides is 1. The molecule has 2 fully saturated rings. The molecule has 24 heavy (non-hydrogen) atoms. The van der Waals surface area contributed by atoms with E-state index < -0.39 is 5.54 Å². The Morgan fingerprint density at radius 1 is 1.04 bits per heavy atom. The second kappa shape index (κ2) is 7.34. The van der Waals surface area contributed by atoms with Gasteiger partial charge >= 0.3 is 0 Å². The Balaban J connectivity index is 1.69. The fourth-order valence-electron chi connectivity index (χ4n) is 3.76. The number of hydrogen-bond donors (Lipinski definition) is 2. The van der Waals surface area contributed by atoms with Gasteiger partial charge in [0.2, 0.25) is 0 Å². The predicted octanol–water partition coefficient (Wildman–Crippen LogP) is 2.12. The minimum absolute atomic E-state index is 0.0768. The summed E-state index contributed by atoms with van der Waals surface area (Å²) in [6, 6.07) is 7.73. The van der Waals surface area contributed by atoms with Crippen molar-refractivity contribution in [3.05, 3.63) is 29.8 Å². The Morgan fingerprint density at radius 2 is 1.67 bits per heavy atom. The van der Waals surface area contributed by atoms with Crippen LogP contribution in [-0.4, -0.2) is 43.4 Å². The minimum atomic E-state index is -0.660. The van der Waals surface area contributed by atoms with Gasteiger partial charge in [0.05, 0.1) is 5.54 Å². The largest absolute Gasteiger partial charge is 0.369 e. The van der Waals surface area contributed by atoms with E-state index >= 15 is 0 Å². The first kappa shape index (κ1) is 17.0. The normalized spacial score (nSPS) is 20.5. The monoisotopic (exact) mass is 329 g/mol. The fourth-order valence-corrected chi connectivity index (χ4v) is 3.76.